The van der Waals surface area contributed by atoms with E-state index >= 15 is 0 Å². The van der Waals surface area contributed by atoms with E-state index in [2.05, 4.69) is 9.97 Å². The van der Waals surface area contributed by atoms with Crippen LogP contribution in [-0.2, 0) is 16.1 Å². The van der Waals surface area contributed by atoms with Crippen LogP contribution in [0.4, 0.5) is 0 Å². The minimum Gasteiger partial charge on any atom is -0.464 e. The van der Waals surface area contributed by atoms with E-state index in [4.69, 9.17) is 4.74 Å². The van der Waals surface area contributed by atoms with Crippen LogP contribution in [0.3, 0.4) is 0 Å². The lowest BCUT2D eigenvalue weighted by Crippen LogP contribution is -2.36. The molecule has 0 bridgehead atoms. The Bertz CT molecular complexity index is 856. The van der Waals surface area contributed by atoms with Gasteiger partial charge in [0.25, 0.3) is 0 Å². The number of aromatic amines is 1. The fraction of sp³-hybridized carbons (Fsp3) is 0.429. The second-order valence-electron chi connectivity index (χ2n) is 7.21. The van der Waals surface area contributed by atoms with Gasteiger partial charge in [0.2, 0.25) is 5.91 Å². The van der Waals surface area contributed by atoms with Crippen LogP contribution in [0.15, 0.2) is 24.4 Å². The Labute approximate surface area is 165 Å². The Morgan fingerprint density at radius 2 is 1.93 bits per heavy atom. The first-order valence-corrected chi connectivity index (χ1v) is 9.22. The number of amides is 1. The normalized spacial score (nSPS) is 10.8. The Kier molecular flexibility index (Phi) is 7.09. The summed E-state index contributed by atoms with van der Waals surface area (Å²) in [7, 11) is 1.29. The summed E-state index contributed by atoms with van der Waals surface area (Å²) in [6.45, 7) is 7.52. The number of aryl methyl sites for hydroxylation is 1. The number of rotatable bonds is 8. The largest absolute Gasteiger partial charge is 0.464 e. The highest BCUT2D eigenvalue weighted by molar-refractivity contribution is 6.04. The van der Waals surface area contributed by atoms with Gasteiger partial charge in [-0.1, -0.05) is 19.9 Å². The molecule has 1 N–H and O–H groups in total. The molecule has 7 nitrogen and oxygen atoms in total. The summed E-state index contributed by atoms with van der Waals surface area (Å²) in [5.41, 5.74) is 2.50. The van der Waals surface area contributed by atoms with Gasteiger partial charge in [0.15, 0.2) is 5.78 Å². The van der Waals surface area contributed by atoms with Crippen molar-refractivity contribution >= 4 is 17.7 Å². The van der Waals surface area contributed by atoms with Crippen LogP contribution in [0.5, 0.6) is 0 Å². The van der Waals surface area contributed by atoms with Gasteiger partial charge in [-0.2, -0.15) is 0 Å². The Morgan fingerprint density at radius 1 is 1.21 bits per heavy atom. The third kappa shape index (κ3) is 5.06. The summed E-state index contributed by atoms with van der Waals surface area (Å²) in [6.07, 6.45) is 2.00. The number of aromatic nitrogens is 2. The van der Waals surface area contributed by atoms with Crippen LogP contribution >= 0.6 is 0 Å². The van der Waals surface area contributed by atoms with Gasteiger partial charge in [-0.15, -0.1) is 0 Å². The molecule has 2 heterocycles. The van der Waals surface area contributed by atoms with Gasteiger partial charge >= 0.3 is 5.97 Å². The molecule has 2 aromatic rings. The molecule has 0 atom stereocenters. The molecule has 7 heteroatoms. The van der Waals surface area contributed by atoms with Crippen molar-refractivity contribution in [3.05, 3.63) is 52.6 Å². The molecular formula is C21H27N3O4. The van der Waals surface area contributed by atoms with Gasteiger partial charge in [0, 0.05) is 23.9 Å². The van der Waals surface area contributed by atoms with E-state index in [0.717, 1.165) is 0 Å². The SMILES string of the molecule is COC(=O)c1[nH]c(C)c(C(=O)CN(Cc2ccccn2)C(=O)CC(C)C)c1C. The van der Waals surface area contributed by atoms with E-state index in [-0.39, 0.29) is 36.4 Å². The lowest BCUT2D eigenvalue weighted by atomic mass is 10.0. The smallest absolute Gasteiger partial charge is 0.354 e. The third-order valence-corrected chi connectivity index (χ3v) is 4.45. The topological polar surface area (TPSA) is 92.4 Å². The predicted molar refractivity (Wildman–Crippen MR) is 105 cm³/mol. The van der Waals surface area contributed by atoms with E-state index in [1.807, 2.05) is 26.0 Å². The number of nitrogens with one attached hydrogen (secondary N) is 1. The zero-order valence-corrected chi connectivity index (χ0v) is 17.0. The van der Waals surface area contributed by atoms with E-state index < -0.39 is 5.97 Å². The molecule has 0 aliphatic rings. The first-order valence-electron chi connectivity index (χ1n) is 9.22. The summed E-state index contributed by atoms with van der Waals surface area (Å²) in [6, 6.07) is 5.47. The molecule has 0 saturated carbocycles. The molecule has 1 amide bonds. The lowest BCUT2D eigenvalue weighted by Gasteiger charge is -2.23. The fourth-order valence-corrected chi connectivity index (χ4v) is 3.12. The summed E-state index contributed by atoms with van der Waals surface area (Å²) in [5, 5.41) is 0. The van der Waals surface area contributed by atoms with Crippen molar-refractivity contribution in [3.63, 3.8) is 0 Å². The molecule has 0 aromatic carbocycles. The molecule has 0 saturated heterocycles. The second kappa shape index (κ2) is 9.30. The van der Waals surface area contributed by atoms with Crippen LogP contribution in [0.2, 0.25) is 0 Å². The third-order valence-electron chi connectivity index (χ3n) is 4.45. The first-order chi connectivity index (χ1) is 13.2. The number of pyridine rings is 1. The molecule has 0 aliphatic carbocycles. The fourth-order valence-electron chi connectivity index (χ4n) is 3.12. The van der Waals surface area contributed by atoms with Crippen LogP contribution in [0, 0.1) is 19.8 Å². The maximum atomic E-state index is 13.0. The molecule has 2 rings (SSSR count). The van der Waals surface area contributed by atoms with E-state index in [1.54, 1.807) is 26.1 Å². The summed E-state index contributed by atoms with van der Waals surface area (Å²) in [4.78, 5) is 46.3. The monoisotopic (exact) mass is 385 g/mol. The number of ketones is 1. The second-order valence-corrected chi connectivity index (χ2v) is 7.21. The number of carbonyl (C=O) groups is 3. The zero-order chi connectivity index (χ0) is 20.8. The predicted octanol–water partition coefficient (Wildman–Crippen LogP) is 3.07. The van der Waals surface area contributed by atoms with E-state index in [9.17, 15) is 14.4 Å². The highest BCUT2D eigenvalue weighted by Crippen LogP contribution is 2.20. The van der Waals surface area contributed by atoms with Crippen molar-refractivity contribution in [3.8, 4) is 0 Å². The lowest BCUT2D eigenvalue weighted by molar-refractivity contribution is -0.132. The van der Waals surface area contributed by atoms with Crippen molar-refractivity contribution in [2.45, 2.75) is 40.7 Å². The zero-order valence-electron chi connectivity index (χ0n) is 17.0. The number of Topliss-reactive ketones (excluding diaryl/α,β-unsaturated/α-hetero) is 1. The average Bonchev–Trinajstić information content (AvgIpc) is 2.95. The minimum absolute atomic E-state index is 0.0811. The number of hydrogen-bond acceptors (Lipinski definition) is 5. The van der Waals surface area contributed by atoms with Gasteiger partial charge in [-0.3, -0.25) is 14.6 Å². The summed E-state index contributed by atoms with van der Waals surface area (Å²) in [5.74, 6) is -0.682. The van der Waals surface area contributed by atoms with Gasteiger partial charge in [-0.05, 0) is 37.5 Å². The molecule has 0 radical (unpaired) electrons. The van der Waals surface area contributed by atoms with Crippen molar-refractivity contribution in [1.82, 2.24) is 14.9 Å². The van der Waals surface area contributed by atoms with Gasteiger partial charge in [-0.25, -0.2) is 4.79 Å². The van der Waals surface area contributed by atoms with Crippen LogP contribution in [0.25, 0.3) is 0 Å². The molecular weight excluding hydrogens is 358 g/mol. The van der Waals surface area contributed by atoms with Crippen LogP contribution in [-0.4, -0.2) is 46.2 Å². The number of H-pyrrole nitrogens is 1. The van der Waals surface area contributed by atoms with Crippen molar-refractivity contribution < 1.29 is 19.1 Å². The van der Waals surface area contributed by atoms with Gasteiger partial charge in [0.1, 0.15) is 5.69 Å². The molecule has 0 aliphatic heterocycles. The van der Waals surface area contributed by atoms with Crippen LogP contribution < -0.4 is 0 Å². The minimum atomic E-state index is -0.527. The molecule has 150 valence electrons. The van der Waals surface area contributed by atoms with E-state index in [0.29, 0.717) is 28.9 Å². The van der Waals surface area contributed by atoms with E-state index in [1.165, 1.54) is 12.0 Å². The Balaban J connectivity index is 2.28. The maximum Gasteiger partial charge on any atom is 0.354 e. The standard InChI is InChI=1S/C21H27N3O4/c1-13(2)10-18(26)24(11-16-8-6-7-9-22-16)12-17(25)19-14(3)20(21(27)28-5)23-15(19)4/h6-9,13,23H,10-12H2,1-5H3. The first kappa shape index (κ1) is 21.3. The number of hydrogen-bond donors (Lipinski definition) is 1. The van der Waals surface area contributed by atoms with Crippen molar-refractivity contribution in [1.29, 1.82) is 0 Å². The Hall–Kier alpha value is -2.96. The maximum absolute atomic E-state index is 13.0. The van der Waals surface area contributed by atoms with Crippen LogP contribution in [0.1, 0.15) is 58.1 Å². The molecule has 2 aromatic heterocycles. The Morgan fingerprint density at radius 3 is 2.50 bits per heavy atom. The molecule has 28 heavy (non-hydrogen) atoms. The van der Waals surface area contributed by atoms with Crippen molar-refractivity contribution in [2.24, 2.45) is 5.92 Å². The number of ether oxygens (including phenoxy) is 1. The number of carbonyl (C=O) groups excluding carboxylic acids is 3. The number of methoxy groups -OCH3 is 1. The van der Waals surface area contributed by atoms with Crippen molar-refractivity contribution in [2.75, 3.05) is 13.7 Å². The molecule has 0 unspecified atom stereocenters. The summed E-state index contributed by atoms with van der Waals surface area (Å²) >= 11 is 0. The average molecular weight is 385 g/mol. The summed E-state index contributed by atoms with van der Waals surface area (Å²) < 4.78 is 4.75. The highest BCUT2D eigenvalue weighted by atomic mass is 16.5. The molecule has 0 fully saturated rings. The molecule has 0 spiro atoms. The number of nitrogens with zero attached hydrogens (tertiary/aromatic N) is 2. The van der Waals surface area contributed by atoms with Gasteiger partial charge < -0.3 is 14.6 Å². The highest BCUT2D eigenvalue weighted by Gasteiger charge is 2.26. The number of esters is 1. The quantitative estimate of drug-likeness (QED) is 0.557. The van der Waals surface area contributed by atoms with Gasteiger partial charge in [0.05, 0.1) is 25.9 Å².